The minimum absolute atomic E-state index is 0.0394. The van der Waals surface area contributed by atoms with Crippen LogP contribution in [0.25, 0.3) is 0 Å². The molecular formula is C15H18N2O4. The molecule has 1 aliphatic heterocycles. The highest BCUT2D eigenvalue weighted by molar-refractivity contribution is 5.87. The lowest BCUT2D eigenvalue weighted by Crippen LogP contribution is -2.46. The van der Waals surface area contributed by atoms with Crippen LogP contribution in [0.2, 0.25) is 0 Å². The fraction of sp³-hybridized carbons (Fsp3) is 0.400. The second kappa shape index (κ2) is 7.42. The number of benzene rings is 1. The first-order chi connectivity index (χ1) is 10.2. The summed E-state index contributed by atoms with van der Waals surface area (Å²) in [6.07, 6.45) is 1.46. The fourth-order valence-corrected chi connectivity index (χ4v) is 2.32. The number of hydrogen-bond donors (Lipinski definition) is 1. The molecule has 1 heterocycles. The van der Waals surface area contributed by atoms with Crippen molar-refractivity contribution in [3.8, 4) is 0 Å². The van der Waals surface area contributed by atoms with Crippen molar-refractivity contribution in [2.75, 3.05) is 13.1 Å². The molecule has 112 valence electrons. The van der Waals surface area contributed by atoms with E-state index in [0.29, 0.717) is 19.3 Å². The summed E-state index contributed by atoms with van der Waals surface area (Å²) >= 11 is 0. The molecule has 1 aromatic rings. The van der Waals surface area contributed by atoms with Crippen molar-refractivity contribution < 1.29 is 19.1 Å². The maximum atomic E-state index is 12.1. The van der Waals surface area contributed by atoms with E-state index in [1.54, 1.807) is 0 Å². The van der Waals surface area contributed by atoms with Crippen LogP contribution in [0.1, 0.15) is 18.4 Å². The van der Waals surface area contributed by atoms with Crippen LogP contribution in [0.15, 0.2) is 30.3 Å². The summed E-state index contributed by atoms with van der Waals surface area (Å²) in [5, 5.41) is 2.48. The number of carbonyl (C=O) groups excluding carboxylic acids is 3. The van der Waals surface area contributed by atoms with Crippen LogP contribution in [0.5, 0.6) is 0 Å². The molecule has 0 radical (unpaired) electrons. The molecule has 0 saturated carbocycles. The number of aldehydes is 1. The van der Waals surface area contributed by atoms with E-state index in [1.807, 2.05) is 30.3 Å². The highest BCUT2D eigenvalue weighted by Gasteiger charge is 2.34. The largest absolute Gasteiger partial charge is 0.445 e. The van der Waals surface area contributed by atoms with Crippen molar-refractivity contribution in [2.45, 2.75) is 25.5 Å². The summed E-state index contributed by atoms with van der Waals surface area (Å²) in [5.41, 5.74) is 0.895. The molecule has 21 heavy (non-hydrogen) atoms. The minimum atomic E-state index is -0.548. The Morgan fingerprint density at radius 1 is 1.33 bits per heavy atom. The van der Waals surface area contributed by atoms with E-state index in [1.165, 1.54) is 4.90 Å². The number of likely N-dealkylation sites (tertiary alicyclic amines) is 1. The van der Waals surface area contributed by atoms with Gasteiger partial charge in [-0.3, -0.25) is 9.69 Å². The molecule has 1 unspecified atom stereocenters. The lowest BCUT2D eigenvalue weighted by atomic mass is 10.2. The molecule has 1 atom stereocenters. The Hall–Kier alpha value is -2.37. The van der Waals surface area contributed by atoms with E-state index in [4.69, 9.17) is 4.74 Å². The number of carbonyl (C=O) groups is 3. The van der Waals surface area contributed by atoms with Gasteiger partial charge < -0.3 is 14.8 Å². The summed E-state index contributed by atoms with van der Waals surface area (Å²) in [6.45, 7) is 0.633. The summed E-state index contributed by atoms with van der Waals surface area (Å²) in [6, 6.07) is 8.81. The quantitative estimate of drug-likeness (QED) is 0.824. The molecule has 1 N–H and O–H groups in total. The van der Waals surface area contributed by atoms with Gasteiger partial charge in [-0.1, -0.05) is 30.3 Å². The predicted octanol–water partition coefficient (Wildman–Crippen LogP) is 1.10. The van der Waals surface area contributed by atoms with Crippen LogP contribution in [0.4, 0.5) is 4.79 Å². The van der Waals surface area contributed by atoms with E-state index in [2.05, 4.69) is 5.32 Å². The zero-order valence-corrected chi connectivity index (χ0v) is 11.7. The number of nitrogens with zero attached hydrogens (tertiary/aromatic N) is 1. The third-order valence-corrected chi connectivity index (χ3v) is 3.35. The molecule has 6 nitrogen and oxygen atoms in total. The van der Waals surface area contributed by atoms with Crippen molar-refractivity contribution >= 4 is 18.3 Å². The second-order valence-electron chi connectivity index (χ2n) is 4.80. The normalized spacial score (nSPS) is 17.3. The van der Waals surface area contributed by atoms with E-state index in [-0.39, 0.29) is 19.1 Å². The Labute approximate surface area is 123 Å². The molecule has 2 rings (SSSR count). The Balaban J connectivity index is 1.88. The summed E-state index contributed by atoms with van der Waals surface area (Å²) < 4.78 is 5.23. The molecule has 1 aliphatic rings. The fourth-order valence-electron chi connectivity index (χ4n) is 2.32. The number of rotatable bonds is 5. The van der Waals surface area contributed by atoms with Crippen LogP contribution in [-0.2, 0) is 20.9 Å². The van der Waals surface area contributed by atoms with Gasteiger partial charge >= 0.3 is 6.09 Å². The lowest BCUT2D eigenvalue weighted by Gasteiger charge is -2.23. The molecule has 1 aromatic carbocycles. The van der Waals surface area contributed by atoms with Crippen molar-refractivity contribution in [1.82, 2.24) is 10.2 Å². The maximum absolute atomic E-state index is 12.1. The maximum Gasteiger partial charge on any atom is 0.410 e. The molecular weight excluding hydrogens is 272 g/mol. The van der Waals surface area contributed by atoms with Gasteiger partial charge in [0.2, 0.25) is 5.91 Å². The summed E-state index contributed by atoms with van der Waals surface area (Å²) in [5.74, 6) is -0.309. The highest BCUT2D eigenvalue weighted by atomic mass is 16.6. The smallest absolute Gasteiger partial charge is 0.410 e. The first kappa shape index (κ1) is 15.0. The van der Waals surface area contributed by atoms with Crippen LogP contribution < -0.4 is 5.32 Å². The van der Waals surface area contributed by atoms with Gasteiger partial charge in [0.15, 0.2) is 0 Å². The lowest BCUT2D eigenvalue weighted by molar-refractivity contribution is -0.126. The number of hydrogen-bond acceptors (Lipinski definition) is 4. The van der Waals surface area contributed by atoms with Gasteiger partial charge in [0, 0.05) is 6.54 Å². The average Bonchev–Trinajstić information content (AvgIpc) is 3.01. The summed E-state index contributed by atoms with van der Waals surface area (Å²) in [7, 11) is 0. The topological polar surface area (TPSA) is 75.7 Å². The van der Waals surface area contributed by atoms with Crippen LogP contribution in [0, 0.1) is 0 Å². The van der Waals surface area contributed by atoms with Crippen LogP contribution in [0.3, 0.4) is 0 Å². The average molecular weight is 290 g/mol. The van der Waals surface area contributed by atoms with Gasteiger partial charge in [-0.15, -0.1) is 0 Å². The molecule has 1 saturated heterocycles. The summed E-state index contributed by atoms with van der Waals surface area (Å²) in [4.78, 5) is 35.6. The van der Waals surface area contributed by atoms with Crippen molar-refractivity contribution in [2.24, 2.45) is 0 Å². The standard InChI is InChI=1S/C15H18N2O4/c18-10-8-16-14(19)13-7-4-9-17(13)15(20)21-11-12-5-2-1-3-6-12/h1-3,5-6,10,13H,4,7-9,11H2,(H,16,19). The van der Waals surface area contributed by atoms with Crippen LogP contribution >= 0.6 is 0 Å². The monoisotopic (exact) mass is 290 g/mol. The van der Waals surface area contributed by atoms with E-state index in [9.17, 15) is 14.4 Å². The Bertz CT molecular complexity index is 504. The second-order valence-corrected chi connectivity index (χ2v) is 4.80. The Kier molecular flexibility index (Phi) is 5.31. The number of nitrogens with one attached hydrogen (secondary N) is 1. The SMILES string of the molecule is O=CCNC(=O)C1CCCN1C(=O)OCc1ccccc1. The molecule has 0 spiro atoms. The minimum Gasteiger partial charge on any atom is -0.445 e. The molecule has 0 bridgehead atoms. The zero-order chi connectivity index (χ0) is 15.1. The Morgan fingerprint density at radius 2 is 2.10 bits per heavy atom. The number of amides is 2. The first-order valence-corrected chi connectivity index (χ1v) is 6.91. The molecule has 0 aromatic heterocycles. The van der Waals surface area contributed by atoms with Crippen molar-refractivity contribution in [3.05, 3.63) is 35.9 Å². The van der Waals surface area contributed by atoms with Gasteiger partial charge in [-0.2, -0.15) is 0 Å². The first-order valence-electron chi connectivity index (χ1n) is 6.91. The molecule has 0 aliphatic carbocycles. The Morgan fingerprint density at radius 3 is 2.81 bits per heavy atom. The third kappa shape index (κ3) is 4.05. The van der Waals surface area contributed by atoms with Gasteiger partial charge in [-0.25, -0.2) is 4.79 Å². The number of ether oxygens (including phenoxy) is 1. The third-order valence-electron chi connectivity index (χ3n) is 3.35. The molecule has 6 heteroatoms. The zero-order valence-electron chi connectivity index (χ0n) is 11.7. The molecule has 2 amide bonds. The van der Waals surface area contributed by atoms with Crippen molar-refractivity contribution in [1.29, 1.82) is 0 Å². The van der Waals surface area contributed by atoms with E-state index >= 15 is 0 Å². The highest BCUT2D eigenvalue weighted by Crippen LogP contribution is 2.19. The van der Waals surface area contributed by atoms with Crippen LogP contribution in [-0.4, -0.2) is 42.3 Å². The predicted molar refractivity (Wildman–Crippen MR) is 75.4 cm³/mol. The van der Waals surface area contributed by atoms with E-state index < -0.39 is 12.1 Å². The van der Waals surface area contributed by atoms with Gasteiger partial charge in [0.05, 0.1) is 6.54 Å². The van der Waals surface area contributed by atoms with E-state index in [0.717, 1.165) is 12.0 Å². The van der Waals surface area contributed by atoms with Crippen molar-refractivity contribution in [3.63, 3.8) is 0 Å². The molecule has 1 fully saturated rings. The van der Waals surface area contributed by atoms with Gasteiger partial charge in [0.25, 0.3) is 0 Å². The van der Waals surface area contributed by atoms with Gasteiger partial charge in [0.1, 0.15) is 18.9 Å². The van der Waals surface area contributed by atoms with Gasteiger partial charge in [-0.05, 0) is 18.4 Å².